The molecule has 3 aromatic carbocycles. The molecule has 0 bridgehead atoms. The number of aryl methyl sites for hydroxylation is 1. The minimum absolute atomic E-state index is 0.0390. The summed E-state index contributed by atoms with van der Waals surface area (Å²) in [5.41, 5.74) is 2.81. The Bertz CT molecular complexity index is 1960. The maximum atomic E-state index is 14.4. The molecule has 0 saturated carbocycles. The SMILES string of the molecule is CCOC(=O)c1c(C)nc(-c2c(OC)ccc3c(=O)c(-c4ccccc4)c(-c4ccc(OC)cc4)oc23)c(C(=O)OCC)c1C. The number of carbonyl (C=O) groups excluding carboxylic acids is 2. The number of hydrogen-bond acceptors (Lipinski definition) is 9. The molecule has 0 aliphatic rings. The largest absolute Gasteiger partial charge is 0.497 e. The number of benzene rings is 3. The van der Waals surface area contributed by atoms with Crippen LogP contribution in [0.3, 0.4) is 0 Å². The molecular formula is C36H33NO8. The van der Waals surface area contributed by atoms with Crippen LogP contribution in [0.25, 0.3) is 44.7 Å². The number of nitrogens with zero attached hydrogens (tertiary/aromatic N) is 1. The highest BCUT2D eigenvalue weighted by atomic mass is 16.5. The van der Waals surface area contributed by atoms with E-state index in [4.69, 9.17) is 28.3 Å². The summed E-state index contributed by atoms with van der Waals surface area (Å²) in [5.74, 6) is -0.0466. The molecule has 0 unspecified atom stereocenters. The van der Waals surface area contributed by atoms with Crippen LogP contribution in [0, 0.1) is 13.8 Å². The van der Waals surface area contributed by atoms with Crippen molar-refractivity contribution in [1.82, 2.24) is 4.98 Å². The molecule has 5 rings (SSSR count). The summed E-state index contributed by atoms with van der Waals surface area (Å²) in [6, 6.07) is 19.7. The number of methoxy groups -OCH3 is 2. The first-order valence-corrected chi connectivity index (χ1v) is 14.5. The van der Waals surface area contributed by atoms with Crippen LogP contribution >= 0.6 is 0 Å². The Hall–Kier alpha value is -5.44. The van der Waals surface area contributed by atoms with Crippen LogP contribution in [0.2, 0.25) is 0 Å². The van der Waals surface area contributed by atoms with Gasteiger partial charge in [-0.3, -0.25) is 9.78 Å². The maximum Gasteiger partial charge on any atom is 0.340 e. The first kappa shape index (κ1) is 31.0. The first-order valence-electron chi connectivity index (χ1n) is 14.5. The van der Waals surface area contributed by atoms with Gasteiger partial charge in [-0.25, -0.2) is 9.59 Å². The van der Waals surface area contributed by atoms with E-state index in [-0.39, 0.29) is 52.0 Å². The molecule has 0 saturated heterocycles. The van der Waals surface area contributed by atoms with Crippen molar-refractivity contribution in [2.75, 3.05) is 27.4 Å². The van der Waals surface area contributed by atoms with Crippen LogP contribution in [0.4, 0.5) is 0 Å². The average molecular weight is 608 g/mol. The fraction of sp³-hybridized carbons (Fsp3) is 0.222. The monoisotopic (exact) mass is 607 g/mol. The second-order valence-electron chi connectivity index (χ2n) is 10.1. The molecule has 2 aromatic heterocycles. The molecule has 45 heavy (non-hydrogen) atoms. The molecule has 0 atom stereocenters. The molecule has 2 heterocycles. The predicted molar refractivity (Wildman–Crippen MR) is 171 cm³/mol. The van der Waals surface area contributed by atoms with Crippen molar-refractivity contribution >= 4 is 22.9 Å². The first-order chi connectivity index (χ1) is 21.7. The number of carbonyl (C=O) groups is 2. The summed E-state index contributed by atoms with van der Waals surface area (Å²) in [6.07, 6.45) is 0. The van der Waals surface area contributed by atoms with E-state index in [1.54, 1.807) is 71.2 Å². The molecule has 0 radical (unpaired) electrons. The lowest BCUT2D eigenvalue weighted by atomic mass is 9.93. The van der Waals surface area contributed by atoms with E-state index in [1.165, 1.54) is 7.11 Å². The molecule has 0 N–H and O–H groups in total. The van der Waals surface area contributed by atoms with E-state index in [0.29, 0.717) is 45.2 Å². The third-order valence-electron chi connectivity index (χ3n) is 7.48. The molecule has 9 heteroatoms. The summed E-state index contributed by atoms with van der Waals surface area (Å²) in [7, 11) is 3.05. The van der Waals surface area contributed by atoms with E-state index < -0.39 is 11.9 Å². The van der Waals surface area contributed by atoms with Crippen LogP contribution in [0.15, 0.2) is 75.9 Å². The lowest BCUT2D eigenvalue weighted by Gasteiger charge is -2.19. The fourth-order valence-electron chi connectivity index (χ4n) is 5.44. The minimum atomic E-state index is -0.694. The number of rotatable bonds is 9. The lowest BCUT2D eigenvalue weighted by molar-refractivity contribution is 0.0522. The van der Waals surface area contributed by atoms with Gasteiger partial charge in [-0.1, -0.05) is 30.3 Å². The standard InChI is InChI=1S/C36H33NO8/c1-7-43-35(39)27-20(3)28(36(40)44-8-2)31(37-21(27)4)30-26(42-6)19-18-25-32(38)29(22-12-10-9-11-13-22)33(45-34(25)30)23-14-16-24(41-5)17-15-23/h9-19H,7-8H2,1-6H3. The number of esters is 2. The van der Waals surface area contributed by atoms with Crippen LogP contribution in [-0.4, -0.2) is 44.4 Å². The van der Waals surface area contributed by atoms with Gasteiger partial charge in [0.25, 0.3) is 0 Å². The minimum Gasteiger partial charge on any atom is -0.497 e. The van der Waals surface area contributed by atoms with Crippen LogP contribution in [-0.2, 0) is 9.47 Å². The van der Waals surface area contributed by atoms with E-state index in [2.05, 4.69) is 0 Å². The van der Waals surface area contributed by atoms with Gasteiger partial charge in [-0.15, -0.1) is 0 Å². The molecule has 0 fully saturated rings. The molecule has 0 spiro atoms. The Labute approximate surface area is 260 Å². The number of ether oxygens (including phenoxy) is 4. The molecule has 0 aliphatic carbocycles. The summed E-state index contributed by atoms with van der Waals surface area (Å²) in [4.78, 5) is 45.6. The lowest BCUT2D eigenvalue weighted by Crippen LogP contribution is -2.18. The molecular weight excluding hydrogens is 574 g/mol. The zero-order valence-electron chi connectivity index (χ0n) is 26.0. The summed E-state index contributed by atoms with van der Waals surface area (Å²) >= 11 is 0. The van der Waals surface area contributed by atoms with Gasteiger partial charge in [-0.2, -0.15) is 0 Å². The Morgan fingerprint density at radius 3 is 2.00 bits per heavy atom. The van der Waals surface area contributed by atoms with E-state index in [9.17, 15) is 14.4 Å². The van der Waals surface area contributed by atoms with E-state index in [0.717, 1.165) is 0 Å². The van der Waals surface area contributed by atoms with Crippen molar-refractivity contribution in [2.24, 2.45) is 0 Å². The second-order valence-corrected chi connectivity index (χ2v) is 10.1. The van der Waals surface area contributed by atoms with Gasteiger partial charge < -0.3 is 23.4 Å². The second kappa shape index (κ2) is 13.1. The van der Waals surface area contributed by atoms with Gasteiger partial charge >= 0.3 is 11.9 Å². The number of aromatic nitrogens is 1. The maximum absolute atomic E-state index is 14.4. The van der Waals surface area contributed by atoms with Gasteiger partial charge in [0.1, 0.15) is 17.3 Å². The number of fused-ring (bicyclic) bond motifs is 1. The van der Waals surface area contributed by atoms with Crippen molar-refractivity contribution in [2.45, 2.75) is 27.7 Å². The van der Waals surface area contributed by atoms with Gasteiger partial charge in [0.15, 0.2) is 5.58 Å². The van der Waals surface area contributed by atoms with E-state index in [1.807, 2.05) is 30.3 Å². The van der Waals surface area contributed by atoms with Gasteiger partial charge in [0.2, 0.25) is 5.43 Å². The Morgan fingerprint density at radius 1 is 0.756 bits per heavy atom. The van der Waals surface area contributed by atoms with Crippen molar-refractivity contribution in [3.8, 4) is 45.2 Å². The summed E-state index contributed by atoms with van der Waals surface area (Å²) in [6.45, 7) is 6.91. The van der Waals surface area contributed by atoms with Gasteiger partial charge in [-0.05, 0) is 75.2 Å². The van der Waals surface area contributed by atoms with Crippen LogP contribution in [0.1, 0.15) is 45.8 Å². The van der Waals surface area contributed by atoms with Crippen molar-refractivity contribution in [3.05, 3.63) is 99.3 Å². The summed E-state index contributed by atoms with van der Waals surface area (Å²) in [5, 5.41) is 0.253. The zero-order chi connectivity index (χ0) is 32.2. The van der Waals surface area contributed by atoms with Crippen LogP contribution < -0.4 is 14.9 Å². The highest BCUT2D eigenvalue weighted by Crippen LogP contribution is 2.42. The third-order valence-corrected chi connectivity index (χ3v) is 7.48. The third kappa shape index (κ3) is 5.64. The molecule has 9 nitrogen and oxygen atoms in total. The van der Waals surface area contributed by atoms with Crippen molar-refractivity contribution in [1.29, 1.82) is 0 Å². The Morgan fingerprint density at radius 2 is 1.40 bits per heavy atom. The zero-order valence-corrected chi connectivity index (χ0v) is 26.0. The molecule has 0 amide bonds. The molecule has 5 aromatic rings. The van der Waals surface area contributed by atoms with Crippen molar-refractivity contribution in [3.63, 3.8) is 0 Å². The van der Waals surface area contributed by atoms with Crippen LogP contribution in [0.5, 0.6) is 11.5 Å². The Kier molecular flexibility index (Phi) is 8.99. The predicted octanol–water partition coefficient (Wildman–Crippen LogP) is 7.18. The number of hydrogen-bond donors (Lipinski definition) is 0. The molecule has 0 aliphatic heterocycles. The molecule has 230 valence electrons. The topological polar surface area (TPSA) is 114 Å². The fourth-order valence-corrected chi connectivity index (χ4v) is 5.44. The highest BCUT2D eigenvalue weighted by molar-refractivity contribution is 6.07. The quantitative estimate of drug-likeness (QED) is 0.161. The summed E-state index contributed by atoms with van der Waals surface area (Å²) < 4.78 is 28.5. The highest BCUT2D eigenvalue weighted by Gasteiger charge is 2.31. The van der Waals surface area contributed by atoms with Gasteiger partial charge in [0, 0.05) is 5.56 Å². The Balaban J connectivity index is 1.94. The van der Waals surface area contributed by atoms with Crippen molar-refractivity contribution < 1.29 is 33.0 Å². The number of pyridine rings is 1. The van der Waals surface area contributed by atoms with Gasteiger partial charge in [0.05, 0.1) is 66.5 Å². The average Bonchev–Trinajstić information content (AvgIpc) is 3.04. The van der Waals surface area contributed by atoms with E-state index >= 15 is 0 Å². The normalized spacial score (nSPS) is 10.9. The smallest absolute Gasteiger partial charge is 0.340 e.